The van der Waals surface area contributed by atoms with Crippen LogP contribution in [0.4, 0.5) is 10.5 Å². The van der Waals surface area contributed by atoms with Crippen molar-refractivity contribution in [3.8, 4) is 0 Å². The van der Waals surface area contributed by atoms with Gasteiger partial charge in [0, 0.05) is 18.2 Å². The van der Waals surface area contributed by atoms with Gasteiger partial charge >= 0.3 is 6.09 Å². The van der Waals surface area contributed by atoms with Crippen LogP contribution in [-0.2, 0) is 0 Å². The molecule has 1 heterocycles. The Morgan fingerprint density at radius 1 is 1.47 bits per heavy atom. The van der Waals surface area contributed by atoms with E-state index in [1.54, 1.807) is 30.5 Å². The molecule has 6 heteroatoms. The molecule has 0 aromatic heterocycles. The van der Waals surface area contributed by atoms with Crippen molar-refractivity contribution in [2.45, 2.75) is 0 Å². The van der Waals surface area contributed by atoms with E-state index in [2.05, 4.69) is 5.10 Å². The van der Waals surface area contributed by atoms with Gasteiger partial charge in [0.15, 0.2) is 0 Å². The maximum absolute atomic E-state index is 11.1. The minimum atomic E-state index is -1.05. The molecule has 1 N–H and O–H groups in total. The number of hydrazine groups is 1. The number of hydrogen-bond acceptors (Lipinski definition) is 4. The molecule has 2 rings (SSSR count). The summed E-state index contributed by atoms with van der Waals surface area (Å²) in [6.07, 6.45) is 0.622. The Labute approximate surface area is 91.1 Å². The second kappa shape index (κ2) is 4.22. The van der Waals surface area contributed by atoms with Gasteiger partial charge in [-0.2, -0.15) is 10.1 Å². The van der Waals surface area contributed by atoms with Crippen LogP contribution in [0.1, 0.15) is 0 Å². The molecule has 0 unspecified atom stereocenters. The number of hydrazone groups is 1. The van der Waals surface area contributed by atoms with Crippen LogP contribution in [0.2, 0.25) is 0 Å². The zero-order valence-electron chi connectivity index (χ0n) is 7.78. The van der Waals surface area contributed by atoms with E-state index >= 15 is 0 Å². The predicted molar refractivity (Wildman–Crippen MR) is 59.7 cm³/mol. The number of carbonyl (C=O) groups is 1. The van der Waals surface area contributed by atoms with Gasteiger partial charge in [-0.15, -0.1) is 4.52 Å². The van der Waals surface area contributed by atoms with E-state index in [9.17, 15) is 4.79 Å². The van der Waals surface area contributed by atoms with Crippen molar-refractivity contribution in [1.29, 1.82) is 0 Å². The van der Waals surface area contributed by atoms with E-state index in [4.69, 9.17) is 5.11 Å². The van der Waals surface area contributed by atoms with Crippen molar-refractivity contribution in [2.75, 3.05) is 10.8 Å². The van der Waals surface area contributed by atoms with Crippen LogP contribution in [0.5, 0.6) is 0 Å². The number of para-hydroxylation sites is 1. The molecule has 0 saturated carbocycles. The largest absolute Gasteiger partial charge is 0.463 e. The second-order valence-corrected chi connectivity index (χ2v) is 3.69. The third-order valence-corrected chi connectivity index (χ3v) is 2.58. The normalized spacial score (nSPS) is 14.3. The monoisotopic (exact) mass is 223 g/mol. The molecule has 1 aliphatic heterocycles. The lowest BCUT2D eigenvalue weighted by Gasteiger charge is -2.25. The number of amides is 1. The molecule has 78 valence electrons. The quantitative estimate of drug-likeness (QED) is 0.779. The summed E-state index contributed by atoms with van der Waals surface area (Å²) < 4.78 is 1.36. The summed E-state index contributed by atoms with van der Waals surface area (Å²) >= 11 is 1.33. The fraction of sp³-hybridized carbons (Fsp3) is 0.111. The highest BCUT2D eigenvalue weighted by Gasteiger charge is 2.23. The van der Waals surface area contributed by atoms with E-state index in [1.165, 1.54) is 16.5 Å². The Bertz CT molecular complexity index is 382. The van der Waals surface area contributed by atoms with Gasteiger partial charge in [-0.25, -0.2) is 4.79 Å². The number of benzene rings is 1. The summed E-state index contributed by atoms with van der Waals surface area (Å²) in [5.74, 6) is 0.691. The summed E-state index contributed by atoms with van der Waals surface area (Å²) in [6, 6.07) is 8.86. The molecule has 5 nitrogen and oxygen atoms in total. The van der Waals surface area contributed by atoms with E-state index in [0.717, 1.165) is 5.01 Å². The fourth-order valence-corrected chi connectivity index (χ4v) is 1.88. The maximum atomic E-state index is 11.1. The maximum Gasteiger partial charge on any atom is 0.433 e. The fourth-order valence-electron chi connectivity index (χ4n) is 1.20. The van der Waals surface area contributed by atoms with Crippen LogP contribution >= 0.6 is 11.9 Å². The topological polar surface area (TPSA) is 56.1 Å². The first-order valence-corrected chi connectivity index (χ1v) is 5.27. The standard InChI is InChI=1S/C9H9N3O2S/c13-9(14)11(12-10-6-7-15-12)8-4-2-1-3-5-8/h1-6H,7H2,(H,13,14). The van der Waals surface area contributed by atoms with E-state index < -0.39 is 6.09 Å². The Morgan fingerprint density at radius 3 is 2.73 bits per heavy atom. The molecule has 0 saturated heterocycles. The first-order chi connectivity index (χ1) is 7.29. The number of anilines is 1. The number of carboxylic acid groups (broad SMARTS) is 1. The summed E-state index contributed by atoms with van der Waals surface area (Å²) in [7, 11) is 0. The number of hydrogen-bond donors (Lipinski definition) is 1. The van der Waals surface area contributed by atoms with Crippen molar-refractivity contribution in [1.82, 2.24) is 4.52 Å². The van der Waals surface area contributed by atoms with Gasteiger partial charge in [0.1, 0.15) is 0 Å². The molecule has 0 fully saturated rings. The van der Waals surface area contributed by atoms with Gasteiger partial charge in [0.25, 0.3) is 0 Å². The van der Waals surface area contributed by atoms with Crippen molar-refractivity contribution in [3.63, 3.8) is 0 Å². The summed E-state index contributed by atoms with van der Waals surface area (Å²) in [5, 5.41) is 14.1. The number of rotatable bonds is 2. The summed E-state index contributed by atoms with van der Waals surface area (Å²) in [4.78, 5) is 11.1. The van der Waals surface area contributed by atoms with Crippen LogP contribution in [0, 0.1) is 0 Å². The minimum Gasteiger partial charge on any atom is -0.463 e. The average Bonchev–Trinajstić information content (AvgIpc) is 2.72. The van der Waals surface area contributed by atoms with Crippen LogP contribution in [0.15, 0.2) is 35.4 Å². The molecule has 0 radical (unpaired) electrons. The van der Waals surface area contributed by atoms with E-state index in [0.29, 0.717) is 11.4 Å². The zero-order valence-corrected chi connectivity index (χ0v) is 8.59. The van der Waals surface area contributed by atoms with Gasteiger partial charge in [0.2, 0.25) is 0 Å². The van der Waals surface area contributed by atoms with Gasteiger partial charge in [-0.3, -0.25) is 0 Å². The van der Waals surface area contributed by atoms with Gasteiger partial charge in [-0.05, 0) is 12.1 Å². The third-order valence-electron chi connectivity index (χ3n) is 1.80. The molecule has 0 atom stereocenters. The Hall–Kier alpha value is -1.69. The first kappa shape index (κ1) is 9.85. The van der Waals surface area contributed by atoms with Gasteiger partial charge in [0.05, 0.1) is 11.4 Å². The Morgan fingerprint density at radius 2 is 2.20 bits per heavy atom. The van der Waals surface area contributed by atoms with Crippen molar-refractivity contribution in [3.05, 3.63) is 30.3 Å². The number of nitrogens with zero attached hydrogens (tertiary/aromatic N) is 3. The predicted octanol–water partition coefficient (Wildman–Crippen LogP) is 2.04. The van der Waals surface area contributed by atoms with Crippen LogP contribution in [0.25, 0.3) is 0 Å². The van der Waals surface area contributed by atoms with Crippen molar-refractivity contribution < 1.29 is 9.90 Å². The van der Waals surface area contributed by atoms with E-state index in [-0.39, 0.29) is 0 Å². The van der Waals surface area contributed by atoms with Crippen molar-refractivity contribution in [2.24, 2.45) is 5.10 Å². The minimum absolute atomic E-state index is 0.580. The summed E-state index contributed by atoms with van der Waals surface area (Å²) in [5.41, 5.74) is 0.580. The molecule has 1 aromatic carbocycles. The van der Waals surface area contributed by atoms with Crippen LogP contribution in [-0.4, -0.2) is 27.7 Å². The molecule has 0 bridgehead atoms. The smallest absolute Gasteiger partial charge is 0.433 e. The first-order valence-electron chi connectivity index (χ1n) is 4.32. The molecule has 1 amide bonds. The van der Waals surface area contributed by atoms with Crippen LogP contribution in [0.3, 0.4) is 0 Å². The molecule has 0 aliphatic carbocycles. The lowest BCUT2D eigenvalue weighted by Crippen LogP contribution is -2.37. The van der Waals surface area contributed by atoms with Crippen molar-refractivity contribution >= 4 is 29.9 Å². The molecule has 15 heavy (non-hydrogen) atoms. The highest BCUT2D eigenvalue weighted by molar-refractivity contribution is 7.97. The highest BCUT2D eigenvalue weighted by atomic mass is 32.2. The lowest BCUT2D eigenvalue weighted by molar-refractivity contribution is 0.191. The lowest BCUT2D eigenvalue weighted by atomic mass is 10.3. The molecule has 1 aliphatic rings. The molecule has 0 spiro atoms. The molecular formula is C9H9N3O2S. The third kappa shape index (κ3) is 2.04. The van der Waals surface area contributed by atoms with Gasteiger partial charge < -0.3 is 5.11 Å². The Balaban J connectivity index is 2.27. The highest BCUT2D eigenvalue weighted by Crippen LogP contribution is 2.24. The second-order valence-electron chi connectivity index (χ2n) is 2.78. The zero-order chi connectivity index (χ0) is 10.7. The SMILES string of the molecule is O=C(O)N(c1ccccc1)N1N=CCS1. The Kier molecular flexibility index (Phi) is 2.77. The molecule has 1 aromatic rings. The average molecular weight is 223 g/mol. The van der Waals surface area contributed by atoms with E-state index in [1.807, 2.05) is 6.07 Å². The summed E-state index contributed by atoms with van der Waals surface area (Å²) in [6.45, 7) is 0. The van der Waals surface area contributed by atoms with Crippen LogP contribution < -0.4 is 5.01 Å². The molecular weight excluding hydrogens is 214 g/mol. The van der Waals surface area contributed by atoms with Gasteiger partial charge in [-0.1, -0.05) is 18.2 Å².